The smallest absolute Gasteiger partial charge is 0.374 e. The highest BCUT2D eigenvalue weighted by Gasteiger charge is 2.31. The predicted molar refractivity (Wildman–Crippen MR) is 83.7 cm³/mol. The molecule has 0 unspecified atom stereocenters. The Labute approximate surface area is 139 Å². The van der Waals surface area contributed by atoms with Gasteiger partial charge in [0.15, 0.2) is 5.82 Å². The van der Waals surface area contributed by atoms with Crippen molar-refractivity contribution in [2.24, 2.45) is 0 Å². The number of ether oxygens (including phenoxy) is 1. The average Bonchev–Trinajstić information content (AvgIpc) is 3.03. The van der Waals surface area contributed by atoms with Crippen molar-refractivity contribution in [1.29, 1.82) is 0 Å². The van der Waals surface area contributed by atoms with Crippen LogP contribution in [0.15, 0.2) is 28.8 Å². The number of para-hydroxylation sites is 1. The monoisotopic (exact) mass is 355 g/mol. The summed E-state index contributed by atoms with van der Waals surface area (Å²) in [4.78, 5) is 4.40. The third-order valence-electron chi connectivity index (χ3n) is 4.14. The van der Waals surface area contributed by atoms with Crippen LogP contribution in [0.1, 0.15) is 36.0 Å². The summed E-state index contributed by atoms with van der Waals surface area (Å²) >= 11 is 0. The molecule has 0 saturated carbocycles. The Hall–Kier alpha value is -2.00. The van der Waals surface area contributed by atoms with Gasteiger partial charge in [0.1, 0.15) is 5.75 Å². The topological polar surface area (TPSA) is 85.5 Å². The molecule has 0 amide bonds. The summed E-state index contributed by atoms with van der Waals surface area (Å²) in [6.07, 6.45) is 1.39. The van der Waals surface area contributed by atoms with Gasteiger partial charge < -0.3 is 9.26 Å². The van der Waals surface area contributed by atoms with Crippen LogP contribution in [0, 0.1) is 0 Å². The molecule has 0 spiro atoms. The molecule has 7 nitrogen and oxygen atoms in total. The minimum absolute atomic E-state index is 0.0538. The molecule has 1 aliphatic heterocycles. The summed E-state index contributed by atoms with van der Waals surface area (Å²) in [5.41, 5.74) is 0.950. The van der Waals surface area contributed by atoms with E-state index in [-0.39, 0.29) is 19.0 Å². The number of piperidine rings is 1. The van der Waals surface area contributed by atoms with Crippen LogP contribution in [-0.2, 0) is 16.8 Å². The minimum Gasteiger partial charge on any atom is -0.496 e. The van der Waals surface area contributed by atoms with Crippen molar-refractivity contribution in [3.63, 3.8) is 0 Å². The third-order valence-corrected chi connectivity index (χ3v) is 5.12. The zero-order valence-electron chi connectivity index (χ0n) is 13.2. The van der Waals surface area contributed by atoms with E-state index in [0.29, 0.717) is 31.0 Å². The van der Waals surface area contributed by atoms with E-state index in [9.17, 15) is 12.3 Å². The summed E-state index contributed by atoms with van der Waals surface area (Å²) in [5, 5.41) is 3.98. The van der Waals surface area contributed by atoms with Gasteiger partial charge in [-0.15, -0.1) is 0 Å². The molecule has 1 fully saturated rings. The fourth-order valence-corrected chi connectivity index (χ4v) is 3.49. The first kappa shape index (κ1) is 16.8. The molecule has 1 saturated heterocycles. The molecular formula is C15H18FN3O4S. The SMILES string of the molecule is COc1ccccc1Cc1noc(C2CCN(S(=O)(=O)F)CC2)n1. The number of benzene rings is 1. The van der Waals surface area contributed by atoms with Crippen LogP contribution in [0.5, 0.6) is 5.75 Å². The van der Waals surface area contributed by atoms with Gasteiger partial charge in [0.05, 0.1) is 7.11 Å². The highest BCUT2D eigenvalue weighted by atomic mass is 32.3. The molecule has 1 aliphatic rings. The van der Waals surface area contributed by atoms with Crippen LogP contribution < -0.4 is 4.74 Å². The lowest BCUT2D eigenvalue weighted by atomic mass is 9.98. The van der Waals surface area contributed by atoms with Crippen molar-refractivity contribution in [3.05, 3.63) is 41.5 Å². The van der Waals surface area contributed by atoms with Crippen LogP contribution in [0.4, 0.5) is 3.89 Å². The van der Waals surface area contributed by atoms with E-state index >= 15 is 0 Å². The van der Waals surface area contributed by atoms with Gasteiger partial charge in [-0.25, -0.2) is 0 Å². The molecule has 2 heterocycles. The van der Waals surface area contributed by atoms with Crippen molar-refractivity contribution in [1.82, 2.24) is 14.4 Å². The second-order valence-corrected chi connectivity index (χ2v) is 6.99. The Balaban J connectivity index is 1.66. The summed E-state index contributed by atoms with van der Waals surface area (Å²) in [5.74, 6) is 1.71. The fraction of sp³-hybridized carbons (Fsp3) is 0.467. The molecule has 3 rings (SSSR count). The highest BCUT2D eigenvalue weighted by Crippen LogP contribution is 2.29. The van der Waals surface area contributed by atoms with Gasteiger partial charge in [0.2, 0.25) is 5.89 Å². The molecule has 0 atom stereocenters. The van der Waals surface area contributed by atoms with Crippen LogP contribution >= 0.6 is 0 Å². The number of halogens is 1. The molecule has 9 heteroatoms. The van der Waals surface area contributed by atoms with Crippen LogP contribution in [0.2, 0.25) is 0 Å². The maximum Gasteiger partial charge on any atom is 0.374 e. The largest absolute Gasteiger partial charge is 0.496 e. The zero-order chi connectivity index (χ0) is 17.2. The second-order valence-electron chi connectivity index (χ2n) is 5.65. The molecule has 24 heavy (non-hydrogen) atoms. The van der Waals surface area contributed by atoms with Gasteiger partial charge in [0.25, 0.3) is 0 Å². The van der Waals surface area contributed by atoms with Crippen molar-refractivity contribution in [2.75, 3.05) is 20.2 Å². The van der Waals surface area contributed by atoms with E-state index in [1.807, 2.05) is 24.3 Å². The summed E-state index contributed by atoms with van der Waals surface area (Å²) in [6, 6.07) is 7.59. The Morgan fingerprint density at radius 3 is 2.71 bits per heavy atom. The summed E-state index contributed by atoms with van der Waals surface area (Å²) in [7, 11) is -3.02. The third kappa shape index (κ3) is 3.73. The molecule has 130 valence electrons. The van der Waals surface area contributed by atoms with E-state index in [2.05, 4.69) is 10.1 Å². The van der Waals surface area contributed by atoms with E-state index < -0.39 is 10.4 Å². The van der Waals surface area contributed by atoms with E-state index in [4.69, 9.17) is 9.26 Å². The molecule has 0 aliphatic carbocycles. The van der Waals surface area contributed by atoms with Crippen LogP contribution in [-0.4, -0.2) is 43.1 Å². The molecular weight excluding hydrogens is 337 g/mol. The molecule has 0 radical (unpaired) electrons. The van der Waals surface area contributed by atoms with Crippen molar-refractivity contribution in [2.45, 2.75) is 25.2 Å². The number of nitrogens with zero attached hydrogens (tertiary/aromatic N) is 3. The Kier molecular flexibility index (Phi) is 4.81. The van der Waals surface area contributed by atoms with Crippen molar-refractivity contribution < 1.29 is 21.6 Å². The molecule has 2 aromatic rings. The molecule has 0 bridgehead atoms. The van der Waals surface area contributed by atoms with Crippen LogP contribution in [0.25, 0.3) is 0 Å². The summed E-state index contributed by atoms with van der Waals surface area (Å²) < 4.78 is 46.2. The normalized spacial score (nSPS) is 17.1. The molecule has 1 aromatic heterocycles. The Bertz CT molecular complexity index is 801. The summed E-state index contributed by atoms with van der Waals surface area (Å²) in [6.45, 7) is 0.238. The first-order chi connectivity index (χ1) is 11.5. The number of aromatic nitrogens is 2. The average molecular weight is 355 g/mol. The van der Waals surface area contributed by atoms with Gasteiger partial charge in [-0.05, 0) is 18.9 Å². The van der Waals surface area contributed by atoms with Crippen molar-refractivity contribution in [3.8, 4) is 5.75 Å². The van der Waals surface area contributed by atoms with Gasteiger partial charge >= 0.3 is 10.4 Å². The number of hydrogen-bond donors (Lipinski definition) is 0. The van der Waals surface area contributed by atoms with Gasteiger partial charge in [0, 0.05) is 31.0 Å². The van der Waals surface area contributed by atoms with Crippen molar-refractivity contribution >= 4 is 10.4 Å². The van der Waals surface area contributed by atoms with Gasteiger partial charge in [-0.3, -0.25) is 0 Å². The number of hydrogen-bond acceptors (Lipinski definition) is 6. The number of methoxy groups -OCH3 is 1. The van der Waals surface area contributed by atoms with E-state index in [1.54, 1.807) is 7.11 Å². The first-order valence-electron chi connectivity index (χ1n) is 7.61. The zero-order valence-corrected chi connectivity index (χ0v) is 14.0. The van der Waals surface area contributed by atoms with Crippen LogP contribution in [0.3, 0.4) is 0 Å². The Morgan fingerprint density at radius 2 is 2.04 bits per heavy atom. The highest BCUT2D eigenvalue weighted by molar-refractivity contribution is 7.83. The predicted octanol–water partition coefficient (Wildman–Crippen LogP) is 2.06. The minimum atomic E-state index is -4.62. The molecule has 1 aromatic carbocycles. The lowest BCUT2D eigenvalue weighted by Gasteiger charge is -2.26. The second kappa shape index (κ2) is 6.86. The fourth-order valence-electron chi connectivity index (χ4n) is 2.85. The maximum atomic E-state index is 13.0. The van der Waals surface area contributed by atoms with Gasteiger partial charge in [-0.2, -0.15) is 17.7 Å². The lowest BCUT2D eigenvalue weighted by molar-refractivity contribution is 0.263. The Morgan fingerprint density at radius 1 is 1.33 bits per heavy atom. The number of rotatable bonds is 5. The maximum absolute atomic E-state index is 13.0. The van der Waals surface area contributed by atoms with Gasteiger partial charge in [-0.1, -0.05) is 27.2 Å². The van der Waals surface area contributed by atoms with E-state index in [0.717, 1.165) is 15.6 Å². The van der Waals surface area contributed by atoms with E-state index in [1.165, 1.54) is 0 Å². The standard InChI is InChI=1S/C15H18FN3O4S/c1-22-13-5-3-2-4-12(13)10-14-17-15(23-18-14)11-6-8-19(9-7-11)24(16,20)21/h2-5,11H,6-10H2,1H3. The quantitative estimate of drug-likeness (QED) is 0.763. The lowest BCUT2D eigenvalue weighted by Crippen LogP contribution is -2.35. The first-order valence-corrected chi connectivity index (χ1v) is 8.95. The molecule has 0 N–H and O–H groups in total.